The molecule has 0 atom stereocenters. The van der Waals surface area contributed by atoms with Crippen LogP contribution in [0.3, 0.4) is 0 Å². The Bertz CT molecular complexity index is 498. The molecule has 10 heteroatoms. The van der Waals surface area contributed by atoms with Gasteiger partial charge in [-0.25, -0.2) is 9.59 Å². The number of hydrogen-bond donors (Lipinski definition) is 3. The molecule has 1 saturated heterocycles. The van der Waals surface area contributed by atoms with Crippen molar-refractivity contribution in [3.63, 3.8) is 0 Å². The van der Waals surface area contributed by atoms with Crippen LogP contribution in [0.5, 0.6) is 0 Å². The van der Waals surface area contributed by atoms with Gasteiger partial charge in [0.1, 0.15) is 0 Å². The maximum atomic E-state index is 11.1. The van der Waals surface area contributed by atoms with E-state index in [-0.39, 0.29) is 23.9 Å². The first kappa shape index (κ1) is 20.4. The van der Waals surface area contributed by atoms with Gasteiger partial charge in [0.25, 0.3) is 11.8 Å². The summed E-state index contributed by atoms with van der Waals surface area (Å²) in [5.74, 6) is -0.583. The third-order valence-electron chi connectivity index (χ3n) is 3.48. The Hall–Kier alpha value is -2.62. The fourth-order valence-corrected chi connectivity index (χ4v) is 2.10. The largest absolute Gasteiger partial charge is 0.378 e. The Labute approximate surface area is 146 Å². The van der Waals surface area contributed by atoms with Gasteiger partial charge in [-0.2, -0.15) is 0 Å². The number of carbonyl (C=O) groups excluding carboxylic acids is 4. The topological polar surface area (TPSA) is 120 Å². The minimum absolute atomic E-state index is 0.0108. The number of morpholine rings is 1. The monoisotopic (exact) mass is 355 g/mol. The van der Waals surface area contributed by atoms with Gasteiger partial charge in [-0.05, 0) is 6.42 Å². The van der Waals surface area contributed by atoms with Crippen molar-refractivity contribution in [2.24, 2.45) is 0 Å². The fourth-order valence-electron chi connectivity index (χ4n) is 2.10. The lowest BCUT2D eigenvalue weighted by Gasteiger charge is -2.26. The molecule has 3 N–H and O–H groups in total. The van der Waals surface area contributed by atoms with Gasteiger partial charge in [-0.3, -0.25) is 14.5 Å². The molecule has 10 nitrogen and oxygen atoms in total. The van der Waals surface area contributed by atoms with Crippen LogP contribution in [0.15, 0.2) is 12.2 Å². The van der Waals surface area contributed by atoms with E-state index in [9.17, 15) is 19.2 Å². The average molecular weight is 355 g/mol. The summed E-state index contributed by atoms with van der Waals surface area (Å²) in [6.07, 6.45) is 3.04. The summed E-state index contributed by atoms with van der Waals surface area (Å²) in [7, 11) is 3.16. The number of carbonyl (C=O) groups is 4. The number of ether oxygens (including phenoxy) is 1. The number of imide groups is 1. The van der Waals surface area contributed by atoms with Crippen LogP contribution in [-0.4, -0.2) is 87.2 Å². The van der Waals surface area contributed by atoms with Crippen LogP contribution in [0.25, 0.3) is 0 Å². The van der Waals surface area contributed by atoms with E-state index in [0.29, 0.717) is 45.8 Å². The van der Waals surface area contributed by atoms with E-state index >= 15 is 0 Å². The van der Waals surface area contributed by atoms with Crippen LogP contribution >= 0.6 is 0 Å². The number of amides is 6. The second-order valence-electron chi connectivity index (χ2n) is 5.18. The first-order chi connectivity index (χ1) is 12.0. The third-order valence-corrected chi connectivity index (χ3v) is 3.48. The van der Waals surface area contributed by atoms with Crippen LogP contribution in [0.4, 0.5) is 9.59 Å². The van der Waals surface area contributed by atoms with E-state index in [2.05, 4.69) is 16.0 Å². The molecule has 1 fully saturated rings. The lowest BCUT2D eigenvalue weighted by atomic mass is 10.4. The first-order valence-corrected chi connectivity index (χ1v) is 8.03. The summed E-state index contributed by atoms with van der Waals surface area (Å²) in [6, 6.07) is -0.282. The van der Waals surface area contributed by atoms with E-state index in [4.69, 9.17) is 4.74 Å². The van der Waals surface area contributed by atoms with Gasteiger partial charge in [0.05, 0.1) is 13.2 Å². The molecular formula is C15H25N5O5. The van der Waals surface area contributed by atoms with Crippen LogP contribution in [0.1, 0.15) is 6.42 Å². The molecule has 0 aliphatic carbocycles. The Morgan fingerprint density at radius 2 is 1.68 bits per heavy atom. The van der Waals surface area contributed by atoms with Gasteiger partial charge in [0.15, 0.2) is 0 Å². The van der Waals surface area contributed by atoms with Crippen molar-refractivity contribution in [1.29, 1.82) is 0 Å². The Morgan fingerprint density at radius 3 is 2.20 bits per heavy atom. The van der Waals surface area contributed by atoms with Crippen molar-refractivity contribution >= 4 is 23.9 Å². The minimum atomic E-state index is -0.292. The van der Waals surface area contributed by atoms with Crippen molar-refractivity contribution in [3.8, 4) is 0 Å². The van der Waals surface area contributed by atoms with Crippen LogP contribution < -0.4 is 16.0 Å². The number of hydrogen-bond acceptors (Lipinski definition) is 5. The number of rotatable bonds is 4. The van der Waals surface area contributed by atoms with E-state index in [1.54, 1.807) is 11.9 Å². The molecule has 140 valence electrons. The highest BCUT2D eigenvalue weighted by atomic mass is 16.5. The molecule has 0 aromatic heterocycles. The normalized spacial score (nSPS) is 16.2. The highest BCUT2D eigenvalue weighted by Gasteiger charge is 2.22. The molecule has 0 spiro atoms. The molecule has 2 aliphatic heterocycles. The molecule has 0 aromatic rings. The standard InChI is InChI=1S/C9H13N3O3.C6H12N2O2/c1-10-9(15)11-5-2-6-12-7(13)3-4-8(12)14;1-7-6(9)8-2-4-10-5-3-8/h3-4H,2,5-6H2,1H3,(H2,10,11,15);2-5H2,1H3,(H,7,9). The summed E-state index contributed by atoms with van der Waals surface area (Å²) in [5.41, 5.74) is 0. The highest BCUT2D eigenvalue weighted by molar-refractivity contribution is 6.12. The van der Waals surface area contributed by atoms with E-state index < -0.39 is 0 Å². The molecule has 0 aromatic carbocycles. The Balaban J connectivity index is 0.000000271. The van der Waals surface area contributed by atoms with Crippen LogP contribution in [0, 0.1) is 0 Å². The van der Waals surface area contributed by atoms with Crippen molar-refractivity contribution < 1.29 is 23.9 Å². The smallest absolute Gasteiger partial charge is 0.317 e. The Kier molecular flexibility index (Phi) is 9.01. The number of urea groups is 2. The third kappa shape index (κ3) is 7.21. The van der Waals surface area contributed by atoms with Gasteiger partial charge >= 0.3 is 12.1 Å². The molecule has 25 heavy (non-hydrogen) atoms. The molecule has 0 radical (unpaired) electrons. The molecule has 6 amide bonds. The molecule has 0 unspecified atom stereocenters. The summed E-state index contributed by atoms with van der Waals surface area (Å²) in [4.78, 5) is 46.7. The number of nitrogens with one attached hydrogen (secondary N) is 3. The molecule has 0 saturated carbocycles. The molecular weight excluding hydrogens is 330 g/mol. The predicted octanol–water partition coefficient (Wildman–Crippen LogP) is -1.11. The fraction of sp³-hybridized carbons (Fsp3) is 0.600. The lowest BCUT2D eigenvalue weighted by Crippen LogP contribution is -2.44. The quantitative estimate of drug-likeness (QED) is 0.436. The first-order valence-electron chi connectivity index (χ1n) is 8.03. The maximum Gasteiger partial charge on any atom is 0.317 e. The summed E-state index contributed by atoms with van der Waals surface area (Å²) >= 11 is 0. The van der Waals surface area contributed by atoms with E-state index in [0.717, 1.165) is 4.90 Å². The van der Waals surface area contributed by atoms with Crippen molar-refractivity contribution in [2.75, 3.05) is 53.5 Å². The van der Waals surface area contributed by atoms with Gasteiger partial charge in [-0.15, -0.1) is 0 Å². The maximum absolute atomic E-state index is 11.1. The highest BCUT2D eigenvalue weighted by Crippen LogP contribution is 2.03. The van der Waals surface area contributed by atoms with Gasteiger partial charge in [0.2, 0.25) is 0 Å². The lowest BCUT2D eigenvalue weighted by molar-refractivity contribution is -0.136. The predicted molar refractivity (Wildman–Crippen MR) is 89.8 cm³/mol. The second kappa shape index (κ2) is 11.0. The van der Waals surface area contributed by atoms with Crippen LogP contribution in [-0.2, 0) is 14.3 Å². The zero-order chi connectivity index (χ0) is 18.7. The number of nitrogens with zero attached hydrogens (tertiary/aromatic N) is 2. The molecule has 2 rings (SSSR count). The molecule has 2 aliphatic rings. The minimum Gasteiger partial charge on any atom is -0.378 e. The summed E-state index contributed by atoms with van der Waals surface area (Å²) in [6.45, 7) is 3.49. The molecule has 2 heterocycles. The van der Waals surface area contributed by atoms with Gasteiger partial charge in [-0.1, -0.05) is 0 Å². The van der Waals surface area contributed by atoms with Crippen molar-refractivity contribution in [2.45, 2.75) is 6.42 Å². The van der Waals surface area contributed by atoms with Gasteiger partial charge < -0.3 is 25.6 Å². The van der Waals surface area contributed by atoms with Crippen LogP contribution in [0.2, 0.25) is 0 Å². The van der Waals surface area contributed by atoms with Gasteiger partial charge in [0, 0.05) is 52.4 Å². The van der Waals surface area contributed by atoms with E-state index in [1.165, 1.54) is 19.2 Å². The molecule has 0 bridgehead atoms. The van der Waals surface area contributed by atoms with Crippen molar-refractivity contribution in [1.82, 2.24) is 25.8 Å². The zero-order valence-corrected chi connectivity index (χ0v) is 14.5. The SMILES string of the molecule is CNC(=O)N1CCOCC1.CNC(=O)NCCCN1C(=O)C=CC1=O. The summed E-state index contributed by atoms with van der Waals surface area (Å²) in [5, 5.41) is 7.53. The van der Waals surface area contributed by atoms with E-state index in [1.807, 2.05) is 0 Å². The average Bonchev–Trinajstić information content (AvgIpc) is 2.97. The van der Waals surface area contributed by atoms with Crippen molar-refractivity contribution in [3.05, 3.63) is 12.2 Å². The summed E-state index contributed by atoms with van der Waals surface area (Å²) < 4.78 is 5.07. The second-order valence-corrected chi connectivity index (χ2v) is 5.18. The zero-order valence-electron chi connectivity index (χ0n) is 14.5. The Morgan fingerprint density at radius 1 is 1.08 bits per heavy atom.